The maximum Gasteiger partial charge on any atom is 0.315 e. The molecule has 1 unspecified atom stereocenters. The molecule has 4 rings (SSSR count). The Bertz CT molecular complexity index is 1110. The minimum absolute atomic E-state index is 0.0787. The third-order valence-electron chi connectivity index (χ3n) is 5.31. The highest BCUT2D eigenvalue weighted by atomic mass is 32.1. The molecule has 3 aromatic rings. The average Bonchev–Trinajstić information content (AvgIpc) is 3.60. The van der Waals surface area contributed by atoms with E-state index in [0.29, 0.717) is 30.2 Å². The molecule has 0 aliphatic carbocycles. The predicted molar refractivity (Wildman–Crippen MR) is 132 cm³/mol. The summed E-state index contributed by atoms with van der Waals surface area (Å²) in [5, 5.41) is 18.6. The molecule has 0 bridgehead atoms. The molecule has 35 heavy (non-hydrogen) atoms. The van der Waals surface area contributed by atoms with E-state index < -0.39 is 18.0 Å². The zero-order valence-corrected chi connectivity index (χ0v) is 20.4. The number of aliphatic carboxylic acids is 1. The first-order chi connectivity index (χ1) is 17.0. The van der Waals surface area contributed by atoms with Crippen LogP contribution < -0.4 is 20.1 Å². The van der Waals surface area contributed by atoms with Gasteiger partial charge in [-0.3, -0.25) is 9.59 Å². The molecule has 1 aliphatic rings. The number of ether oxygens (including phenoxy) is 2. The van der Waals surface area contributed by atoms with E-state index in [0.717, 1.165) is 9.75 Å². The van der Waals surface area contributed by atoms with Crippen LogP contribution in [0.4, 0.5) is 4.79 Å². The van der Waals surface area contributed by atoms with Crippen LogP contribution in [0, 0.1) is 0 Å². The molecule has 2 aromatic heterocycles. The number of fused-ring (bicyclic) bond motifs is 1. The van der Waals surface area contributed by atoms with Gasteiger partial charge in [0.25, 0.3) is 0 Å². The van der Waals surface area contributed by atoms with Crippen molar-refractivity contribution in [2.24, 2.45) is 0 Å². The fraction of sp³-hybridized carbons (Fsp3) is 0.292. The molecular formula is C24H25N3O6S2. The number of hydrogen-bond acceptors (Lipinski definition) is 7. The first kappa shape index (κ1) is 24.6. The minimum Gasteiger partial charge on any atom is -0.481 e. The monoisotopic (exact) mass is 515 g/mol. The number of thiophene rings is 2. The lowest BCUT2D eigenvalue weighted by Crippen LogP contribution is -2.40. The van der Waals surface area contributed by atoms with Gasteiger partial charge in [0.1, 0.15) is 0 Å². The van der Waals surface area contributed by atoms with Crippen molar-refractivity contribution in [3.63, 3.8) is 0 Å². The van der Waals surface area contributed by atoms with E-state index >= 15 is 0 Å². The molecule has 0 fully saturated rings. The number of carboxylic acids is 1. The van der Waals surface area contributed by atoms with Crippen molar-refractivity contribution in [3.05, 3.63) is 68.5 Å². The van der Waals surface area contributed by atoms with Crippen LogP contribution in [0.1, 0.15) is 34.2 Å². The largest absolute Gasteiger partial charge is 0.481 e. The lowest BCUT2D eigenvalue weighted by atomic mass is 10.0. The predicted octanol–water partition coefficient (Wildman–Crippen LogP) is 3.97. The van der Waals surface area contributed by atoms with Gasteiger partial charge in [-0.1, -0.05) is 18.2 Å². The summed E-state index contributed by atoms with van der Waals surface area (Å²) in [6.45, 7) is 1.23. The van der Waals surface area contributed by atoms with Gasteiger partial charge in [0.05, 0.1) is 25.6 Å². The topological polar surface area (TPSA) is 117 Å². The van der Waals surface area contributed by atoms with Crippen molar-refractivity contribution >= 4 is 40.6 Å². The van der Waals surface area contributed by atoms with E-state index in [1.54, 1.807) is 45.8 Å². The van der Waals surface area contributed by atoms with Gasteiger partial charge in [-0.05, 0) is 40.6 Å². The number of hydrogen-bond donors (Lipinski definition) is 3. The van der Waals surface area contributed by atoms with Gasteiger partial charge in [0.2, 0.25) is 12.7 Å². The fourth-order valence-corrected chi connectivity index (χ4v) is 5.06. The summed E-state index contributed by atoms with van der Waals surface area (Å²) in [6.07, 6.45) is -0.181. The second kappa shape index (κ2) is 11.7. The number of carboxylic acid groups (broad SMARTS) is 1. The number of rotatable bonds is 11. The van der Waals surface area contributed by atoms with E-state index in [1.807, 2.05) is 35.0 Å². The molecule has 11 heteroatoms. The first-order valence-corrected chi connectivity index (χ1v) is 12.7. The Morgan fingerprint density at radius 2 is 1.69 bits per heavy atom. The third kappa shape index (κ3) is 6.96. The number of carbonyl (C=O) groups excluding carboxylic acids is 2. The summed E-state index contributed by atoms with van der Waals surface area (Å²) in [7, 11) is 0. The number of nitrogens with zero attached hydrogens (tertiary/aromatic N) is 1. The molecule has 0 saturated carbocycles. The van der Waals surface area contributed by atoms with Crippen molar-refractivity contribution in [3.8, 4) is 11.5 Å². The summed E-state index contributed by atoms with van der Waals surface area (Å²) < 4.78 is 10.6. The standard InChI is InChI=1S/C24H25N3O6S2/c28-22(27(13-17-3-1-9-34-17)14-18-4-2-10-35-18)7-8-25-24(31)26-19(12-23(29)30)16-5-6-20-21(11-16)33-15-32-20/h1-6,9-11,19H,7-8,12-15H2,(H,29,30)(H2,25,26,31). The molecule has 1 aliphatic heterocycles. The number of urea groups is 1. The van der Waals surface area contributed by atoms with Crippen molar-refractivity contribution in [1.82, 2.24) is 15.5 Å². The van der Waals surface area contributed by atoms with Gasteiger partial charge in [-0.15, -0.1) is 22.7 Å². The molecule has 3 heterocycles. The fourth-order valence-electron chi connectivity index (χ4n) is 3.62. The molecule has 3 amide bonds. The molecule has 0 saturated heterocycles. The Kier molecular flexibility index (Phi) is 8.22. The highest BCUT2D eigenvalue weighted by molar-refractivity contribution is 7.10. The summed E-state index contributed by atoms with van der Waals surface area (Å²) in [5.74, 6) is -0.0615. The third-order valence-corrected chi connectivity index (χ3v) is 7.04. The van der Waals surface area contributed by atoms with Crippen LogP contribution in [-0.2, 0) is 22.7 Å². The second-order valence-corrected chi connectivity index (χ2v) is 9.89. The van der Waals surface area contributed by atoms with Gasteiger partial charge >= 0.3 is 12.0 Å². The van der Waals surface area contributed by atoms with Gasteiger partial charge < -0.3 is 30.1 Å². The van der Waals surface area contributed by atoms with Crippen LogP contribution in [0.2, 0.25) is 0 Å². The highest BCUT2D eigenvalue weighted by Crippen LogP contribution is 2.34. The number of carbonyl (C=O) groups is 3. The molecule has 1 atom stereocenters. The highest BCUT2D eigenvalue weighted by Gasteiger charge is 2.22. The Labute approximate surface area is 210 Å². The molecule has 3 N–H and O–H groups in total. The number of benzene rings is 1. The quantitative estimate of drug-likeness (QED) is 0.356. The Balaban J connectivity index is 1.32. The van der Waals surface area contributed by atoms with Crippen molar-refractivity contribution in [1.29, 1.82) is 0 Å². The first-order valence-electron chi connectivity index (χ1n) is 11.0. The summed E-state index contributed by atoms with van der Waals surface area (Å²) in [5.41, 5.74) is 0.584. The van der Waals surface area contributed by atoms with Crippen molar-refractivity contribution < 1.29 is 29.0 Å². The van der Waals surface area contributed by atoms with E-state index in [1.165, 1.54) is 0 Å². The van der Waals surface area contributed by atoms with Crippen LogP contribution in [0.15, 0.2) is 53.2 Å². The second-order valence-electron chi connectivity index (χ2n) is 7.82. The van der Waals surface area contributed by atoms with E-state index in [9.17, 15) is 19.5 Å². The molecular weight excluding hydrogens is 490 g/mol. The van der Waals surface area contributed by atoms with Crippen LogP contribution in [-0.4, -0.2) is 41.3 Å². The van der Waals surface area contributed by atoms with Gasteiger partial charge in [-0.25, -0.2) is 4.79 Å². The van der Waals surface area contributed by atoms with Crippen LogP contribution in [0.3, 0.4) is 0 Å². The van der Waals surface area contributed by atoms with E-state index in [2.05, 4.69) is 10.6 Å². The molecule has 0 radical (unpaired) electrons. The Morgan fingerprint density at radius 1 is 1.00 bits per heavy atom. The van der Waals surface area contributed by atoms with E-state index in [-0.39, 0.29) is 32.1 Å². The maximum absolute atomic E-state index is 12.9. The summed E-state index contributed by atoms with van der Waals surface area (Å²) >= 11 is 3.18. The Hall–Kier alpha value is -3.57. The molecule has 0 spiro atoms. The van der Waals surface area contributed by atoms with Gasteiger partial charge in [0, 0.05) is 22.7 Å². The van der Waals surface area contributed by atoms with Crippen molar-refractivity contribution in [2.75, 3.05) is 13.3 Å². The molecule has 9 nitrogen and oxygen atoms in total. The van der Waals surface area contributed by atoms with Crippen LogP contribution >= 0.6 is 22.7 Å². The van der Waals surface area contributed by atoms with Gasteiger partial charge in [-0.2, -0.15) is 0 Å². The van der Waals surface area contributed by atoms with E-state index in [4.69, 9.17) is 9.47 Å². The SMILES string of the molecule is O=C(O)CC(NC(=O)NCCC(=O)N(Cc1cccs1)Cc1cccs1)c1ccc2c(c1)OCO2. The van der Waals surface area contributed by atoms with Crippen molar-refractivity contribution in [2.45, 2.75) is 32.0 Å². The van der Waals surface area contributed by atoms with Crippen LogP contribution in [0.5, 0.6) is 11.5 Å². The summed E-state index contributed by atoms with van der Waals surface area (Å²) in [6, 6.07) is 11.6. The summed E-state index contributed by atoms with van der Waals surface area (Å²) in [4.78, 5) is 40.8. The number of nitrogens with one attached hydrogen (secondary N) is 2. The molecule has 1 aromatic carbocycles. The maximum atomic E-state index is 12.9. The average molecular weight is 516 g/mol. The smallest absolute Gasteiger partial charge is 0.315 e. The van der Waals surface area contributed by atoms with Crippen LogP contribution in [0.25, 0.3) is 0 Å². The number of amides is 3. The molecule has 184 valence electrons. The minimum atomic E-state index is -1.05. The lowest BCUT2D eigenvalue weighted by molar-refractivity contribution is -0.137. The normalized spacial score (nSPS) is 12.7. The Morgan fingerprint density at radius 3 is 2.31 bits per heavy atom. The van der Waals surface area contributed by atoms with Gasteiger partial charge in [0.15, 0.2) is 11.5 Å². The zero-order chi connectivity index (χ0) is 24.6. The zero-order valence-electron chi connectivity index (χ0n) is 18.8. The lowest BCUT2D eigenvalue weighted by Gasteiger charge is -2.22.